The summed E-state index contributed by atoms with van der Waals surface area (Å²) in [5.41, 5.74) is 6.78. The van der Waals surface area contributed by atoms with E-state index >= 15 is 0 Å². The zero-order valence-corrected chi connectivity index (χ0v) is 24.5. The van der Waals surface area contributed by atoms with Gasteiger partial charge in [-0.05, 0) is 38.9 Å². The highest BCUT2D eigenvalue weighted by molar-refractivity contribution is 8.00. The van der Waals surface area contributed by atoms with Crippen molar-refractivity contribution in [3.05, 3.63) is 167 Å². The molecule has 1 aliphatic carbocycles. The van der Waals surface area contributed by atoms with Gasteiger partial charge in [-0.3, -0.25) is 4.90 Å². The number of carbonyl (C=O) groups is 2. The Labute approximate surface area is 255 Å². The molecular weight excluding hydrogens is 554 g/mol. The Morgan fingerprint density at radius 2 is 1.09 bits per heavy atom. The van der Waals surface area contributed by atoms with Crippen molar-refractivity contribution in [1.82, 2.24) is 4.90 Å². The SMILES string of the molecule is COC(=O)N(C(CSC(c1ccccc1)(c1ccccc1)c1ccccc1)C(=O)O)C1c2ccccc2-c2ccccc21. The average Bonchev–Trinajstić information content (AvgIpc) is 3.39. The van der Waals surface area contributed by atoms with Gasteiger partial charge in [0.1, 0.15) is 6.04 Å². The third-order valence-corrected chi connectivity index (χ3v) is 9.71. The zero-order chi connectivity index (χ0) is 29.8. The quantitative estimate of drug-likeness (QED) is 0.178. The third-order valence-electron chi connectivity index (χ3n) is 8.08. The van der Waals surface area contributed by atoms with Crippen molar-refractivity contribution in [3.63, 3.8) is 0 Å². The molecule has 1 atom stereocenters. The number of carboxylic acids is 1. The van der Waals surface area contributed by atoms with Gasteiger partial charge >= 0.3 is 12.1 Å². The van der Waals surface area contributed by atoms with Crippen LogP contribution in [-0.4, -0.2) is 41.0 Å². The van der Waals surface area contributed by atoms with Crippen molar-refractivity contribution in [2.75, 3.05) is 12.9 Å². The van der Waals surface area contributed by atoms with Gasteiger partial charge in [-0.15, -0.1) is 11.8 Å². The van der Waals surface area contributed by atoms with Crippen molar-refractivity contribution >= 4 is 23.8 Å². The van der Waals surface area contributed by atoms with E-state index in [1.807, 2.05) is 103 Å². The van der Waals surface area contributed by atoms with E-state index in [2.05, 4.69) is 36.4 Å². The predicted octanol–water partition coefficient (Wildman–Crippen LogP) is 8.00. The molecule has 5 nitrogen and oxygen atoms in total. The molecule has 6 rings (SSSR count). The maximum atomic E-state index is 13.6. The fourth-order valence-electron chi connectivity index (χ4n) is 6.19. The predicted molar refractivity (Wildman–Crippen MR) is 171 cm³/mol. The van der Waals surface area contributed by atoms with Gasteiger partial charge in [-0.2, -0.15) is 0 Å². The molecule has 0 bridgehead atoms. The first-order valence-electron chi connectivity index (χ1n) is 14.1. The minimum Gasteiger partial charge on any atom is -0.480 e. The van der Waals surface area contributed by atoms with Crippen molar-refractivity contribution in [3.8, 4) is 11.1 Å². The molecule has 1 aliphatic rings. The fraction of sp³-hybridized carbons (Fsp3) is 0.135. The number of ether oxygens (including phenoxy) is 1. The standard InChI is InChI=1S/C37H31NO4S/c1-42-36(41)38(34-31-23-13-11-21-29(31)30-22-12-14-24-32(30)34)33(35(39)40)25-43-37(26-15-5-2-6-16-26,27-17-7-3-8-18-27)28-19-9-4-10-20-28/h2-24,33-34H,25H2,1H3,(H,39,40). The van der Waals surface area contributed by atoms with E-state index in [0.29, 0.717) is 0 Å². The van der Waals surface area contributed by atoms with E-state index in [4.69, 9.17) is 4.74 Å². The maximum absolute atomic E-state index is 13.6. The molecule has 5 aromatic carbocycles. The van der Waals surface area contributed by atoms with Crippen LogP contribution in [0.4, 0.5) is 4.79 Å². The van der Waals surface area contributed by atoms with Gasteiger partial charge in [0.2, 0.25) is 0 Å². The molecule has 43 heavy (non-hydrogen) atoms. The molecule has 0 saturated carbocycles. The Morgan fingerprint density at radius 1 is 0.698 bits per heavy atom. The summed E-state index contributed by atoms with van der Waals surface area (Å²) in [5.74, 6) is -0.993. The van der Waals surface area contributed by atoms with Crippen LogP contribution in [0.15, 0.2) is 140 Å². The van der Waals surface area contributed by atoms with E-state index < -0.39 is 28.9 Å². The van der Waals surface area contributed by atoms with Crippen LogP contribution in [0.2, 0.25) is 0 Å². The highest BCUT2D eigenvalue weighted by Crippen LogP contribution is 2.51. The fourth-order valence-corrected chi connectivity index (χ4v) is 7.81. The van der Waals surface area contributed by atoms with Crippen LogP contribution in [0.25, 0.3) is 11.1 Å². The lowest BCUT2D eigenvalue weighted by molar-refractivity contribution is -0.142. The molecule has 5 aromatic rings. The van der Waals surface area contributed by atoms with Crippen molar-refractivity contribution in [2.24, 2.45) is 0 Å². The molecule has 1 amide bonds. The Hall–Kier alpha value is -4.81. The summed E-state index contributed by atoms with van der Waals surface area (Å²) in [5, 5.41) is 10.8. The van der Waals surface area contributed by atoms with Crippen LogP contribution >= 0.6 is 11.8 Å². The Morgan fingerprint density at radius 3 is 1.49 bits per heavy atom. The number of rotatable bonds is 9. The van der Waals surface area contributed by atoms with Gasteiger partial charge in [-0.25, -0.2) is 9.59 Å². The minimum atomic E-state index is -1.20. The molecule has 6 heteroatoms. The summed E-state index contributed by atoms with van der Waals surface area (Å²) in [7, 11) is 1.30. The normalized spacial score (nSPS) is 13.0. The molecule has 0 heterocycles. The van der Waals surface area contributed by atoms with E-state index in [1.165, 1.54) is 23.8 Å². The summed E-state index contributed by atoms with van der Waals surface area (Å²) < 4.78 is 4.54. The Balaban J connectivity index is 1.49. The van der Waals surface area contributed by atoms with Gasteiger partial charge < -0.3 is 9.84 Å². The first-order valence-corrected chi connectivity index (χ1v) is 15.1. The summed E-state index contributed by atoms with van der Waals surface area (Å²) >= 11 is 1.51. The largest absolute Gasteiger partial charge is 0.480 e. The number of nitrogens with zero attached hydrogens (tertiary/aromatic N) is 1. The van der Waals surface area contributed by atoms with Gasteiger partial charge in [0.15, 0.2) is 0 Å². The second-order valence-electron chi connectivity index (χ2n) is 10.4. The molecule has 0 aromatic heterocycles. The Bertz CT molecular complexity index is 1580. The third kappa shape index (κ3) is 5.08. The molecule has 0 saturated heterocycles. The van der Waals surface area contributed by atoms with Crippen LogP contribution in [0, 0.1) is 0 Å². The van der Waals surface area contributed by atoms with Crippen molar-refractivity contribution in [1.29, 1.82) is 0 Å². The lowest BCUT2D eigenvalue weighted by atomic mass is 9.84. The number of methoxy groups -OCH3 is 1. The number of carboxylic acid groups (broad SMARTS) is 1. The number of benzene rings is 5. The smallest absolute Gasteiger partial charge is 0.411 e. The van der Waals surface area contributed by atoms with E-state index in [9.17, 15) is 14.7 Å². The van der Waals surface area contributed by atoms with Crippen LogP contribution in [0.1, 0.15) is 33.9 Å². The van der Waals surface area contributed by atoms with Gasteiger partial charge in [0, 0.05) is 5.75 Å². The molecule has 0 spiro atoms. The maximum Gasteiger partial charge on any atom is 0.411 e. The summed E-state index contributed by atoms with van der Waals surface area (Å²) in [6.07, 6.45) is -0.686. The summed E-state index contributed by atoms with van der Waals surface area (Å²) in [6, 6.07) is 44.3. The van der Waals surface area contributed by atoms with Crippen LogP contribution < -0.4 is 0 Å². The highest BCUT2D eigenvalue weighted by atomic mass is 32.2. The van der Waals surface area contributed by atoms with Crippen molar-refractivity contribution < 1.29 is 19.4 Å². The average molecular weight is 586 g/mol. The van der Waals surface area contributed by atoms with E-state index in [-0.39, 0.29) is 5.75 Å². The molecule has 1 unspecified atom stereocenters. The molecular formula is C37H31NO4S. The number of aliphatic carboxylic acids is 1. The van der Waals surface area contributed by atoms with E-state index in [0.717, 1.165) is 38.9 Å². The minimum absolute atomic E-state index is 0.101. The summed E-state index contributed by atoms with van der Waals surface area (Å²) in [6.45, 7) is 0. The number of thioether (sulfide) groups is 1. The summed E-state index contributed by atoms with van der Waals surface area (Å²) in [4.78, 5) is 28.2. The van der Waals surface area contributed by atoms with Gasteiger partial charge in [0.25, 0.3) is 0 Å². The van der Waals surface area contributed by atoms with Crippen molar-refractivity contribution in [2.45, 2.75) is 16.8 Å². The Kier molecular flexibility index (Phi) is 8.03. The molecule has 0 radical (unpaired) electrons. The topological polar surface area (TPSA) is 66.8 Å². The zero-order valence-electron chi connectivity index (χ0n) is 23.7. The first-order chi connectivity index (χ1) is 21.1. The molecule has 1 N–H and O–H groups in total. The molecule has 214 valence electrons. The number of hydrogen-bond donors (Lipinski definition) is 1. The lowest BCUT2D eigenvalue weighted by Crippen LogP contribution is -2.49. The highest BCUT2D eigenvalue weighted by Gasteiger charge is 2.45. The lowest BCUT2D eigenvalue weighted by Gasteiger charge is -2.39. The number of carbonyl (C=O) groups excluding carboxylic acids is 1. The molecule has 0 fully saturated rings. The number of fused-ring (bicyclic) bond motifs is 3. The van der Waals surface area contributed by atoms with Gasteiger partial charge in [-0.1, -0.05) is 140 Å². The van der Waals surface area contributed by atoms with E-state index in [1.54, 1.807) is 0 Å². The number of amides is 1. The van der Waals surface area contributed by atoms with Gasteiger partial charge in [0.05, 0.1) is 17.9 Å². The monoisotopic (exact) mass is 585 g/mol. The second-order valence-corrected chi connectivity index (χ2v) is 11.6. The molecule has 0 aliphatic heterocycles. The first kappa shape index (κ1) is 28.3. The second kappa shape index (κ2) is 12.2. The van der Waals surface area contributed by atoms with Crippen LogP contribution in [-0.2, 0) is 14.3 Å². The van der Waals surface area contributed by atoms with Crippen LogP contribution in [0.3, 0.4) is 0 Å². The number of hydrogen-bond acceptors (Lipinski definition) is 4. The van der Waals surface area contributed by atoms with Crippen LogP contribution in [0.5, 0.6) is 0 Å².